The average molecular weight is 426 g/mol. The van der Waals surface area contributed by atoms with Crippen LogP contribution >= 0.6 is 0 Å². The van der Waals surface area contributed by atoms with Crippen molar-refractivity contribution in [1.82, 2.24) is 0 Å². The van der Waals surface area contributed by atoms with Crippen LogP contribution in [0.25, 0.3) is 6.08 Å². The zero-order valence-corrected chi connectivity index (χ0v) is 19.3. The molecule has 166 valence electrons. The van der Waals surface area contributed by atoms with Gasteiger partial charge in [-0.1, -0.05) is 30.7 Å². The molecule has 3 nitrogen and oxygen atoms in total. The number of hydrogen-bond donors (Lipinski definition) is 2. The molecule has 1 atom stereocenters. The fourth-order valence-corrected chi connectivity index (χ4v) is 6.26. The fourth-order valence-electron chi connectivity index (χ4n) is 6.26. The van der Waals surface area contributed by atoms with Gasteiger partial charge in [0.05, 0.1) is 0 Å². The van der Waals surface area contributed by atoms with Crippen LogP contribution in [0, 0.1) is 16.7 Å². The van der Waals surface area contributed by atoms with Gasteiger partial charge in [0, 0.05) is 36.8 Å². The molecule has 4 aliphatic rings. The second kappa shape index (κ2) is 9.05. The predicted octanol–water partition coefficient (Wildman–Crippen LogP) is 6.83. The fraction of sp³-hybridized carbons (Fsp3) is 0.448. The number of benzene rings is 1. The van der Waals surface area contributed by atoms with E-state index in [1.807, 2.05) is 0 Å². The molecule has 3 heteroatoms. The number of rotatable bonds is 4. The number of anilines is 1. The smallest absolute Gasteiger partial charge is 0.0431 e. The number of allylic oxidation sites excluding steroid dienone is 7. The van der Waals surface area contributed by atoms with Gasteiger partial charge in [-0.05, 0) is 109 Å². The lowest BCUT2D eigenvalue weighted by atomic mass is 9.79. The summed E-state index contributed by atoms with van der Waals surface area (Å²) in [5, 5.41) is 15.7. The molecule has 0 radical (unpaired) electrons. The van der Waals surface area contributed by atoms with Gasteiger partial charge in [0.1, 0.15) is 0 Å². The Morgan fingerprint density at radius 2 is 1.62 bits per heavy atom. The molecule has 32 heavy (non-hydrogen) atoms. The quantitative estimate of drug-likeness (QED) is 0.510. The highest BCUT2D eigenvalue weighted by atomic mass is 15.1. The van der Waals surface area contributed by atoms with Crippen LogP contribution in [0.4, 0.5) is 5.69 Å². The van der Waals surface area contributed by atoms with Gasteiger partial charge in [0.2, 0.25) is 0 Å². The molecule has 2 aliphatic carbocycles. The second-order valence-electron chi connectivity index (χ2n) is 9.89. The van der Waals surface area contributed by atoms with E-state index in [-0.39, 0.29) is 0 Å². The highest BCUT2D eigenvalue weighted by molar-refractivity contribution is 6.04. The van der Waals surface area contributed by atoms with E-state index >= 15 is 0 Å². The van der Waals surface area contributed by atoms with Crippen molar-refractivity contribution < 1.29 is 0 Å². The Morgan fingerprint density at radius 3 is 2.31 bits per heavy atom. The molecule has 0 saturated carbocycles. The maximum absolute atomic E-state index is 7.87. The molecule has 0 saturated heterocycles. The summed E-state index contributed by atoms with van der Waals surface area (Å²) in [6, 6.07) is 4.82. The molecular formula is C29H35N3. The Hall–Kier alpha value is -2.68. The van der Waals surface area contributed by atoms with E-state index in [9.17, 15) is 0 Å². The van der Waals surface area contributed by atoms with Crippen molar-refractivity contribution in [3.05, 3.63) is 68.8 Å². The van der Waals surface area contributed by atoms with Gasteiger partial charge in [0.25, 0.3) is 0 Å². The first-order valence-electron chi connectivity index (χ1n) is 12.4. The molecule has 2 N–H and O–H groups in total. The van der Waals surface area contributed by atoms with E-state index in [4.69, 9.17) is 10.8 Å². The topological polar surface area (TPSA) is 50.9 Å². The van der Waals surface area contributed by atoms with Gasteiger partial charge in [-0.15, -0.1) is 0 Å². The van der Waals surface area contributed by atoms with Crippen LogP contribution in [0.3, 0.4) is 0 Å². The van der Waals surface area contributed by atoms with Crippen LogP contribution in [-0.4, -0.2) is 25.5 Å². The van der Waals surface area contributed by atoms with Crippen molar-refractivity contribution >= 4 is 24.2 Å². The van der Waals surface area contributed by atoms with Crippen LogP contribution in [0.1, 0.15) is 68.6 Å². The summed E-state index contributed by atoms with van der Waals surface area (Å²) < 4.78 is 0. The van der Waals surface area contributed by atoms with Crippen LogP contribution in [0.5, 0.6) is 0 Å². The van der Waals surface area contributed by atoms with Crippen molar-refractivity contribution in [2.24, 2.45) is 5.92 Å². The molecule has 1 aromatic carbocycles. The van der Waals surface area contributed by atoms with Crippen LogP contribution < -0.4 is 4.90 Å². The zero-order chi connectivity index (χ0) is 22.1. The van der Waals surface area contributed by atoms with E-state index in [0.717, 1.165) is 30.4 Å². The first kappa shape index (κ1) is 21.2. The third-order valence-electron chi connectivity index (χ3n) is 7.85. The van der Waals surface area contributed by atoms with Gasteiger partial charge in [0.15, 0.2) is 0 Å². The second-order valence-corrected chi connectivity index (χ2v) is 9.89. The molecule has 2 aliphatic heterocycles. The molecule has 0 aromatic heterocycles. The molecule has 0 bridgehead atoms. The van der Waals surface area contributed by atoms with E-state index in [0.29, 0.717) is 5.92 Å². The molecule has 1 unspecified atom stereocenters. The monoisotopic (exact) mass is 425 g/mol. The van der Waals surface area contributed by atoms with E-state index in [2.05, 4.69) is 42.2 Å². The van der Waals surface area contributed by atoms with Crippen molar-refractivity contribution in [2.45, 2.75) is 64.7 Å². The minimum absolute atomic E-state index is 0.611. The summed E-state index contributed by atoms with van der Waals surface area (Å²) in [5.74, 6) is 0.611. The summed E-state index contributed by atoms with van der Waals surface area (Å²) in [7, 11) is 0. The maximum atomic E-state index is 7.87. The van der Waals surface area contributed by atoms with Crippen LogP contribution in [-0.2, 0) is 12.8 Å². The molecule has 0 amide bonds. The summed E-state index contributed by atoms with van der Waals surface area (Å²) in [5.41, 5.74) is 12.1. The van der Waals surface area contributed by atoms with Gasteiger partial charge in [-0.3, -0.25) is 0 Å². The normalized spacial score (nSPS) is 22.8. The SMILES string of the molecule is CC1CCCC2=C1CCC(/C=C/c1cc3c4c(c1)CCCN4CCC3)=CC2=C(C=N)C=N. The summed E-state index contributed by atoms with van der Waals surface area (Å²) in [6.45, 7) is 4.79. The molecule has 2 heterocycles. The zero-order valence-electron chi connectivity index (χ0n) is 19.3. The maximum Gasteiger partial charge on any atom is 0.0431 e. The van der Waals surface area contributed by atoms with Gasteiger partial charge < -0.3 is 15.7 Å². The first-order valence-corrected chi connectivity index (χ1v) is 12.4. The lowest BCUT2D eigenvalue weighted by Gasteiger charge is -2.37. The predicted molar refractivity (Wildman–Crippen MR) is 136 cm³/mol. The standard InChI is InChI=1S/C29H35N3/c1-20-5-2-8-27-26(20)12-11-21(17-28(27)25(18-30)19-31)9-10-22-15-23-6-3-13-32-14-4-7-24(16-22)29(23)32/h9-10,15-20,30-31H,2-8,11-14H2,1H3/b10-9+,28-25?,30-18?,31-19?. The van der Waals surface area contributed by atoms with Crippen molar-refractivity contribution in [2.75, 3.05) is 18.0 Å². The minimum Gasteiger partial charge on any atom is -0.371 e. The van der Waals surface area contributed by atoms with Gasteiger partial charge >= 0.3 is 0 Å². The minimum atomic E-state index is 0.611. The van der Waals surface area contributed by atoms with E-state index in [1.165, 1.54) is 97.6 Å². The third-order valence-corrected chi connectivity index (χ3v) is 7.85. The lowest BCUT2D eigenvalue weighted by Crippen LogP contribution is -2.34. The molecule has 0 spiro atoms. The number of nitrogens with zero attached hydrogens (tertiary/aromatic N) is 1. The van der Waals surface area contributed by atoms with Crippen LogP contribution in [0.2, 0.25) is 0 Å². The average Bonchev–Trinajstić information content (AvgIpc) is 3.00. The largest absolute Gasteiger partial charge is 0.371 e. The highest BCUT2D eigenvalue weighted by Crippen LogP contribution is 2.41. The lowest BCUT2D eigenvalue weighted by molar-refractivity contribution is 0.521. The summed E-state index contributed by atoms with van der Waals surface area (Å²) in [6.07, 6.45) is 20.2. The van der Waals surface area contributed by atoms with Crippen molar-refractivity contribution in [3.8, 4) is 0 Å². The van der Waals surface area contributed by atoms with Crippen molar-refractivity contribution in [3.63, 3.8) is 0 Å². The van der Waals surface area contributed by atoms with E-state index < -0.39 is 0 Å². The Labute approximate surface area is 192 Å². The Bertz CT molecular complexity index is 1020. The third kappa shape index (κ3) is 3.94. The Morgan fingerprint density at radius 1 is 0.906 bits per heavy atom. The highest BCUT2D eigenvalue weighted by Gasteiger charge is 2.25. The van der Waals surface area contributed by atoms with Crippen molar-refractivity contribution in [1.29, 1.82) is 10.8 Å². The first-order chi connectivity index (χ1) is 15.7. The number of hydrogen-bond acceptors (Lipinski definition) is 3. The summed E-state index contributed by atoms with van der Waals surface area (Å²) in [4.78, 5) is 2.60. The van der Waals surface area contributed by atoms with Crippen LogP contribution in [0.15, 0.2) is 52.2 Å². The molecule has 0 fully saturated rings. The summed E-state index contributed by atoms with van der Waals surface area (Å²) >= 11 is 0. The van der Waals surface area contributed by atoms with E-state index in [1.54, 1.807) is 5.57 Å². The van der Waals surface area contributed by atoms with Gasteiger partial charge in [-0.25, -0.2) is 0 Å². The Kier molecular flexibility index (Phi) is 5.99. The molecule has 1 aromatic rings. The molecule has 5 rings (SSSR count). The number of nitrogens with one attached hydrogen (secondary N) is 2. The molecular weight excluding hydrogens is 390 g/mol. The Balaban J connectivity index is 1.49. The van der Waals surface area contributed by atoms with Gasteiger partial charge in [-0.2, -0.15) is 0 Å². The number of aryl methyl sites for hydroxylation is 2.